The monoisotopic (exact) mass is 225 g/mol. The number of amides is 1. The highest BCUT2D eigenvalue weighted by Gasteiger charge is 2.57. The van der Waals surface area contributed by atoms with Gasteiger partial charge in [-0.25, -0.2) is 4.39 Å². The third kappa shape index (κ3) is 1.56. The highest BCUT2D eigenvalue weighted by atomic mass is 19.1. The third-order valence-electron chi connectivity index (χ3n) is 4.75. The molecule has 0 bridgehead atoms. The van der Waals surface area contributed by atoms with E-state index < -0.39 is 5.67 Å². The fourth-order valence-corrected chi connectivity index (χ4v) is 3.20. The number of carbonyl (C=O) groups is 1. The van der Waals surface area contributed by atoms with Crippen molar-refractivity contribution in [3.63, 3.8) is 0 Å². The molecule has 2 aliphatic carbocycles. The van der Waals surface area contributed by atoms with Crippen LogP contribution in [0.25, 0.3) is 0 Å². The minimum Gasteiger partial charge on any atom is -0.339 e. The molecule has 3 rings (SSSR count). The van der Waals surface area contributed by atoms with Crippen LogP contribution in [-0.2, 0) is 4.79 Å². The van der Waals surface area contributed by atoms with E-state index in [-0.39, 0.29) is 5.91 Å². The number of halogens is 1. The van der Waals surface area contributed by atoms with E-state index in [1.807, 2.05) is 0 Å². The number of nitrogens with zero attached hydrogens (tertiary/aromatic N) is 1. The van der Waals surface area contributed by atoms with Crippen LogP contribution in [0, 0.1) is 11.3 Å². The standard InChI is InChI=1S/C13H20FNO/c1-10-2-4-12(5-3-10)8-15(9-12)11(16)13(14)6-7-13/h10H,2-9H2,1H3. The second kappa shape index (κ2) is 3.21. The minimum absolute atomic E-state index is 0.225. The average Bonchev–Trinajstić information content (AvgIpc) is 2.95. The predicted octanol–water partition coefficient (Wildman–Crippen LogP) is 2.53. The molecule has 1 heterocycles. The number of alkyl halides is 1. The molecular weight excluding hydrogens is 205 g/mol. The van der Waals surface area contributed by atoms with Crippen LogP contribution >= 0.6 is 0 Å². The Kier molecular flexibility index (Phi) is 2.11. The summed E-state index contributed by atoms with van der Waals surface area (Å²) in [5, 5.41) is 0. The zero-order chi connectivity index (χ0) is 11.4. The van der Waals surface area contributed by atoms with Crippen molar-refractivity contribution < 1.29 is 9.18 Å². The molecular formula is C13H20FNO. The molecule has 2 nitrogen and oxygen atoms in total. The van der Waals surface area contributed by atoms with Crippen LogP contribution in [0.1, 0.15) is 45.4 Å². The maximum atomic E-state index is 13.6. The number of hydrogen-bond acceptors (Lipinski definition) is 1. The van der Waals surface area contributed by atoms with Gasteiger partial charge in [-0.1, -0.05) is 19.8 Å². The zero-order valence-corrected chi connectivity index (χ0v) is 9.97. The highest BCUT2D eigenvalue weighted by molar-refractivity contribution is 5.88. The summed E-state index contributed by atoms with van der Waals surface area (Å²) in [6.07, 6.45) is 5.93. The van der Waals surface area contributed by atoms with E-state index in [0.29, 0.717) is 18.3 Å². The van der Waals surface area contributed by atoms with E-state index in [9.17, 15) is 9.18 Å². The van der Waals surface area contributed by atoms with Gasteiger partial charge in [0, 0.05) is 18.5 Å². The Labute approximate surface area is 96.2 Å². The molecule has 3 fully saturated rings. The molecule has 0 aromatic heterocycles. The Morgan fingerprint density at radius 2 is 1.75 bits per heavy atom. The summed E-state index contributed by atoms with van der Waals surface area (Å²) >= 11 is 0. The molecule has 1 spiro atoms. The Morgan fingerprint density at radius 3 is 2.25 bits per heavy atom. The maximum absolute atomic E-state index is 13.6. The predicted molar refractivity (Wildman–Crippen MR) is 59.7 cm³/mol. The van der Waals surface area contributed by atoms with Gasteiger partial charge in [0.2, 0.25) is 0 Å². The van der Waals surface area contributed by atoms with Crippen LogP contribution in [0.3, 0.4) is 0 Å². The molecule has 1 saturated heterocycles. The van der Waals surface area contributed by atoms with Gasteiger partial charge in [0.05, 0.1) is 0 Å². The molecule has 0 aromatic rings. The first kappa shape index (κ1) is 10.5. The largest absolute Gasteiger partial charge is 0.339 e. The molecule has 2 saturated carbocycles. The number of likely N-dealkylation sites (tertiary alicyclic amines) is 1. The second-order valence-corrected chi connectivity index (χ2v) is 6.31. The van der Waals surface area contributed by atoms with Crippen molar-refractivity contribution in [2.24, 2.45) is 11.3 Å². The van der Waals surface area contributed by atoms with Crippen LogP contribution in [0.5, 0.6) is 0 Å². The first-order valence-electron chi connectivity index (χ1n) is 6.51. The lowest BCUT2D eigenvalue weighted by Gasteiger charge is -2.53. The lowest BCUT2D eigenvalue weighted by molar-refractivity contribution is -0.153. The van der Waals surface area contributed by atoms with Gasteiger partial charge in [0.15, 0.2) is 5.67 Å². The second-order valence-electron chi connectivity index (χ2n) is 6.31. The van der Waals surface area contributed by atoms with Crippen molar-refractivity contribution >= 4 is 5.91 Å². The van der Waals surface area contributed by atoms with Crippen molar-refractivity contribution in [1.82, 2.24) is 4.90 Å². The minimum atomic E-state index is -1.45. The van der Waals surface area contributed by atoms with E-state index in [1.54, 1.807) is 4.90 Å². The SMILES string of the molecule is CC1CCC2(CC1)CN(C(=O)C1(F)CC1)C2. The van der Waals surface area contributed by atoms with Gasteiger partial charge in [-0.3, -0.25) is 4.79 Å². The van der Waals surface area contributed by atoms with Crippen molar-refractivity contribution in [3.05, 3.63) is 0 Å². The molecule has 3 heteroatoms. The molecule has 3 aliphatic rings. The van der Waals surface area contributed by atoms with Crippen LogP contribution < -0.4 is 0 Å². The van der Waals surface area contributed by atoms with Gasteiger partial charge < -0.3 is 4.90 Å². The molecule has 0 aromatic carbocycles. The Balaban J connectivity index is 1.56. The van der Waals surface area contributed by atoms with Crippen molar-refractivity contribution in [2.45, 2.75) is 51.1 Å². The Hall–Kier alpha value is -0.600. The Morgan fingerprint density at radius 1 is 1.19 bits per heavy atom. The van der Waals surface area contributed by atoms with Crippen molar-refractivity contribution in [1.29, 1.82) is 0 Å². The van der Waals surface area contributed by atoms with Gasteiger partial charge in [-0.05, 0) is 31.6 Å². The molecule has 16 heavy (non-hydrogen) atoms. The summed E-state index contributed by atoms with van der Waals surface area (Å²) in [5.41, 5.74) is -1.09. The quantitative estimate of drug-likeness (QED) is 0.671. The first-order valence-corrected chi connectivity index (χ1v) is 6.51. The van der Waals surface area contributed by atoms with Gasteiger partial charge in [0.1, 0.15) is 0 Å². The summed E-state index contributed by atoms with van der Waals surface area (Å²) < 4.78 is 13.6. The first-order chi connectivity index (χ1) is 7.53. The normalized spacial score (nSPS) is 31.2. The molecule has 0 unspecified atom stereocenters. The molecule has 90 valence electrons. The van der Waals surface area contributed by atoms with Crippen LogP contribution in [-0.4, -0.2) is 29.6 Å². The van der Waals surface area contributed by atoms with Gasteiger partial charge >= 0.3 is 0 Å². The van der Waals surface area contributed by atoms with Crippen molar-refractivity contribution in [3.8, 4) is 0 Å². The van der Waals surface area contributed by atoms with Gasteiger partial charge in [-0.15, -0.1) is 0 Å². The number of hydrogen-bond donors (Lipinski definition) is 0. The topological polar surface area (TPSA) is 20.3 Å². The number of carbonyl (C=O) groups excluding carboxylic acids is 1. The maximum Gasteiger partial charge on any atom is 0.260 e. The third-order valence-corrected chi connectivity index (χ3v) is 4.75. The van der Waals surface area contributed by atoms with Crippen LogP contribution in [0.15, 0.2) is 0 Å². The van der Waals surface area contributed by atoms with Gasteiger partial charge in [-0.2, -0.15) is 0 Å². The molecule has 1 amide bonds. The smallest absolute Gasteiger partial charge is 0.260 e. The lowest BCUT2D eigenvalue weighted by Crippen LogP contribution is -2.61. The fourth-order valence-electron chi connectivity index (χ4n) is 3.20. The van der Waals surface area contributed by atoms with Crippen molar-refractivity contribution in [2.75, 3.05) is 13.1 Å². The number of rotatable bonds is 1. The summed E-state index contributed by atoms with van der Waals surface area (Å²) in [4.78, 5) is 13.5. The molecule has 1 aliphatic heterocycles. The zero-order valence-electron chi connectivity index (χ0n) is 9.97. The van der Waals surface area contributed by atoms with E-state index >= 15 is 0 Å². The van der Waals surface area contributed by atoms with Gasteiger partial charge in [0.25, 0.3) is 5.91 Å². The molecule has 0 radical (unpaired) electrons. The van der Waals surface area contributed by atoms with E-state index in [2.05, 4.69) is 6.92 Å². The summed E-state index contributed by atoms with van der Waals surface area (Å²) in [6.45, 7) is 3.95. The van der Waals surface area contributed by atoms with E-state index in [4.69, 9.17) is 0 Å². The summed E-state index contributed by atoms with van der Waals surface area (Å²) in [5.74, 6) is 0.614. The summed E-state index contributed by atoms with van der Waals surface area (Å²) in [7, 11) is 0. The molecule has 0 N–H and O–H groups in total. The lowest BCUT2D eigenvalue weighted by atomic mass is 9.66. The van der Waals surface area contributed by atoms with E-state index in [1.165, 1.54) is 25.7 Å². The summed E-state index contributed by atoms with van der Waals surface area (Å²) in [6, 6.07) is 0. The van der Waals surface area contributed by atoms with Crippen LogP contribution in [0.4, 0.5) is 4.39 Å². The Bertz CT molecular complexity index is 308. The average molecular weight is 225 g/mol. The van der Waals surface area contributed by atoms with Crippen LogP contribution in [0.2, 0.25) is 0 Å². The fraction of sp³-hybridized carbons (Fsp3) is 0.923. The molecule has 0 atom stereocenters. The van der Waals surface area contributed by atoms with E-state index in [0.717, 1.165) is 19.0 Å². The highest BCUT2D eigenvalue weighted by Crippen LogP contribution is 2.49.